The largest absolute Gasteiger partial charge is 0.486 e. The van der Waals surface area contributed by atoms with E-state index in [0.29, 0.717) is 41.4 Å². The number of nitrogens with zero attached hydrogens (tertiary/aromatic N) is 2. The molecule has 0 bridgehead atoms. The molecule has 34 heavy (non-hydrogen) atoms. The number of hydrogen-bond donors (Lipinski definition) is 1. The zero-order chi connectivity index (χ0) is 22.9. The zero-order valence-electron chi connectivity index (χ0n) is 18.4. The number of furan rings is 1. The standard InChI is InChI=1S/C26H23N3O4S/c30-25(29-23(16-6-7-16)17-8-9-21-22(14-17)32-13-12-31-21)24-19(15-34-26-27-10-3-11-28-26)18-4-1-2-5-20(18)33-24/h1-5,8-11,14,16,23H,6-7,12-13,15H2,(H,29,30). The van der Waals surface area contributed by atoms with E-state index in [1.165, 1.54) is 11.8 Å². The molecule has 2 aromatic heterocycles. The molecule has 0 spiro atoms. The van der Waals surface area contributed by atoms with E-state index >= 15 is 0 Å². The minimum absolute atomic E-state index is 0.116. The van der Waals surface area contributed by atoms with Gasteiger partial charge in [-0.3, -0.25) is 4.79 Å². The van der Waals surface area contributed by atoms with Gasteiger partial charge in [0.2, 0.25) is 0 Å². The van der Waals surface area contributed by atoms with E-state index < -0.39 is 0 Å². The van der Waals surface area contributed by atoms with Crippen LogP contribution < -0.4 is 14.8 Å². The van der Waals surface area contributed by atoms with Crippen molar-refractivity contribution >= 4 is 28.6 Å². The lowest BCUT2D eigenvalue weighted by atomic mass is 10.0. The highest BCUT2D eigenvalue weighted by molar-refractivity contribution is 7.98. The number of benzene rings is 2. The molecule has 4 aromatic rings. The maximum atomic E-state index is 13.5. The summed E-state index contributed by atoms with van der Waals surface area (Å²) < 4.78 is 17.5. The average molecular weight is 474 g/mol. The van der Waals surface area contributed by atoms with Crippen molar-refractivity contribution < 1.29 is 18.7 Å². The van der Waals surface area contributed by atoms with Gasteiger partial charge in [0.05, 0.1) is 6.04 Å². The maximum Gasteiger partial charge on any atom is 0.287 e. The molecule has 1 aliphatic carbocycles. The van der Waals surface area contributed by atoms with Crippen LogP contribution in [0.25, 0.3) is 11.0 Å². The summed E-state index contributed by atoms with van der Waals surface area (Å²) in [7, 11) is 0. The monoisotopic (exact) mass is 473 g/mol. The Bertz CT molecular complexity index is 1340. The molecule has 7 nitrogen and oxygen atoms in total. The Balaban J connectivity index is 1.29. The van der Waals surface area contributed by atoms with Gasteiger partial charge in [-0.2, -0.15) is 0 Å². The number of fused-ring (bicyclic) bond motifs is 2. The SMILES string of the molecule is O=C(NC(c1ccc2c(c1)OCCO2)C1CC1)c1oc2ccccc2c1CSc1ncccn1. The Morgan fingerprint density at radius 3 is 2.65 bits per heavy atom. The van der Waals surface area contributed by atoms with Gasteiger partial charge in [0.1, 0.15) is 18.8 Å². The van der Waals surface area contributed by atoms with Gasteiger partial charge in [0.15, 0.2) is 22.4 Å². The number of carbonyl (C=O) groups is 1. The molecule has 1 atom stereocenters. The van der Waals surface area contributed by atoms with Crippen LogP contribution in [-0.2, 0) is 5.75 Å². The highest BCUT2D eigenvalue weighted by Gasteiger charge is 2.35. The first-order valence-electron chi connectivity index (χ1n) is 11.4. The second-order valence-electron chi connectivity index (χ2n) is 8.42. The number of thioether (sulfide) groups is 1. The van der Waals surface area contributed by atoms with Crippen LogP contribution in [-0.4, -0.2) is 29.1 Å². The molecular weight excluding hydrogens is 450 g/mol. The van der Waals surface area contributed by atoms with Gasteiger partial charge in [-0.1, -0.05) is 36.0 Å². The van der Waals surface area contributed by atoms with Crippen LogP contribution in [0.5, 0.6) is 11.5 Å². The average Bonchev–Trinajstić information content (AvgIpc) is 3.66. The van der Waals surface area contributed by atoms with E-state index in [4.69, 9.17) is 13.9 Å². The van der Waals surface area contributed by atoms with Crippen molar-refractivity contribution in [3.05, 3.63) is 77.8 Å². The van der Waals surface area contributed by atoms with Gasteiger partial charge >= 0.3 is 0 Å². The molecule has 1 N–H and O–H groups in total. The smallest absolute Gasteiger partial charge is 0.287 e. The normalized spacial score (nSPS) is 15.8. The predicted molar refractivity (Wildman–Crippen MR) is 128 cm³/mol. The zero-order valence-corrected chi connectivity index (χ0v) is 19.2. The van der Waals surface area contributed by atoms with Gasteiger partial charge in [-0.05, 0) is 48.6 Å². The van der Waals surface area contributed by atoms with E-state index in [1.54, 1.807) is 18.5 Å². The fourth-order valence-corrected chi connectivity index (χ4v) is 5.12. The molecule has 6 rings (SSSR count). The molecule has 1 unspecified atom stereocenters. The molecule has 1 fully saturated rings. The van der Waals surface area contributed by atoms with Crippen LogP contribution in [0.2, 0.25) is 0 Å². The van der Waals surface area contributed by atoms with Crippen LogP contribution in [0.3, 0.4) is 0 Å². The number of nitrogens with one attached hydrogen (secondary N) is 1. The highest BCUT2D eigenvalue weighted by atomic mass is 32.2. The number of para-hydroxylation sites is 1. The second-order valence-corrected chi connectivity index (χ2v) is 9.36. The van der Waals surface area contributed by atoms with Gasteiger partial charge < -0.3 is 19.2 Å². The second kappa shape index (κ2) is 9.02. The number of ether oxygens (including phenoxy) is 2. The third-order valence-electron chi connectivity index (χ3n) is 6.10. The molecule has 1 aliphatic heterocycles. The molecule has 2 aliphatic rings. The van der Waals surface area contributed by atoms with E-state index in [-0.39, 0.29) is 11.9 Å². The van der Waals surface area contributed by atoms with Crippen LogP contribution in [0.4, 0.5) is 0 Å². The van der Waals surface area contributed by atoms with E-state index in [1.807, 2.05) is 42.5 Å². The van der Waals surface area contributed by atoms with E-state index in [9.17, 15) is 4.79 Å². The highest BCUT2D eigenvalue weighted by Crippen LogP contribution is 2.43. The maximum absolute atomic E-state index is 13.5. The Morgan fingerprint density at radius 1 is 1.03 bits per heavy atom. The van der Waals surface area contributed by atoms with Gasteiger partial charge in [0.25, 0.3) is 5.91 Å². The molecule has 2 aromatic carbocycles. The van der Waals surface area contributed by atoms with Crippen molar-refractivity contribution in [2.75, 3.05) is 13.2 Å². The van der Waals surface area contributed by atoms with Crippen molar-refractivity contribution in [2.24, 2.45) is 5.92 Å². The van der Waals surface area contributed by atoms with Crippen molar-refractivity contribution in [1.29, 1.82) is 0 Å². The Labute approximate surface area is 200 Å². The first kappa shape index (κ1) is 21.0. The Hall–Kier alpha value is -3.52. The number of amides is 1. The van der Waals surface area contributed by atoms with Crippen molar-refractivity contribution in [3.8, 4) is 11.5 Å². The predicted octanol–water partition coefficient (Wildman–Crippen LogP) is 5.17. The summed E-state index contributed by atoms with van der Waals surface area (Å²) in [6.07, 6.45) is 5.58. The summed E-state index contributed by atoms with van der Waals surface area (Å²) in [6, 6.07) is 15.3. The van der Waals surface area contributed by atoms with E-state index in [2.05, 4.69) is 15.3 Å². The van der Waals surface area contributed by atoms with Crippen molar-refractivity contribution in [1.82, 2.24) is 15.3 Å². The first-order valence-corrected chi connectivity index (χ1v) is 12.4. The van der Waals surface area contributed by atoms with Gasteiger partial charge in [-0.15, -0.1) is 0 Å². The third kappa shape index (κ3) is 4.21. The number of aromatic nitrogens is 2. The lowest BCUT2D eigenvalue weighted by molar-refractivity contribution is 0.0904. The summed E-state index contributed by atoms with van der Waals surface area (Å²) in [5.74, 6) is 2.52. The topological polar surface area (TPSA) is 86.5 Å². The summed E-state index contributed by atoms with van der Waals surface area (Å²) in [6.45, 7) is 1.08. The fraction of sp³-hybridized carbons (Fsp3) is 0.269. The minimum atomic E-state index is -0.215. The summed E-state index contributed by atoms with van der Waals surface area (Å²) in [5.41, 5.74) is 2.56. The van der Waals surface area contributed by atoms with Crippen molar-refractivity contribution in [2.45, 2.75) is 29.8 Å². The molecule has 172 valence electrons. The van der Waals surface area contributed by atoms with Crippen LogP contribution in [0.1, 0.15) is 40.6 Å². The van der Waals surface area contributed by atoms with E-state index in [0.717, 1.165) is 40.9 Å². The molecule has 3 heterocycles. The molecule has 0 saturated heterocycles. The lowest BCUT2D eigenvalue weighted by Gasteiger charge is -2.23. The van der Waals surface area contributed by atoms with Crippen LogP contribution in [0, 0.1) is 5.92 Å². The first-order chi connectivity index (χ1) is 16.8. The van der Waals surface area contributed by atoms with Crippen LogP contribution in [0.15, 0.2) is 70.5 Å². The van der Waals surface area contributed by atoms with Gasteiger partial charge in [-0.25, -0.2) is 9.97 Å². The molecular formula is C26H23N3O4S. The fourth-order valence-electron chi connectivity index (χ4n) is 4.29. The number of hydrogen-bond acceptors (Lipinski definition) is 7. The molecule has 8 heteroatoms. The lowest BCUT2D eigenvalue weighted by Crippen LogP contribution is -2.30. The van der Waals surface area contributed by atoms with Crippen molar-refractivity contribution in [3.63, 3.8) is 0 Å². The minimum Gasteiger partial charge on any atom is -0.486 e. The summed E-state index contributed by atoms with van der Waals surface area (Å²) >= 11 is 1.48. The van der Waals surface area contributed by atoms with Gasteiger partial charge in [0, 0.05) is 29.1 Å². The Morgan fingerprint density at radius 2 is 1.82 bits per heavy atom. The molecule has 0 radical (unpaired) electrons. The number of carbonyl (C=O) groups excluding carboxylic acids is 1. The Kier molecular flexibility index (Phi) is 5.58. The molecule has 1 saturated carbocycles. The quantitative estimate of drug-likeness (QED) is 0.293. The van der Waals surface area contributed by atoms with Crippen LogP contribution >= 0.6 is 11.8 Å². The third-order valence-corrected chi connectivity index (χ3v) is 7.00. The molecule has 1 amide bonds. The number of rotatable bonds is 7. The summed E-state index contributed by atoms with van der Waals surface area (Å²) in [5, 5.41) is 4.84. The summed E-state index contributed by atoms with van der Waals surface area (Å²) in [4.78, 5) is 22.1.